The first-order valence-corrected chi connectivity index (χ1v) is 6.67. The summed E-state index contributed by atoms with van der Waals surface area (Å²) in [6, 6.07) is 19.3. The Morgan fingerprint density at radius 3 is 2.22 bits per heavy atom. The van der Waals surface area contributed by atoms with Gasteiger partial charge in [-0.25, -0.2) is 0 Å². The Bertz CT molecular complexity index is 459. The second kappa shape index (κ2) is 6.25. The maximum atomic E-state index is 3.45. The molecule has 0 aliphatic carbocycles. The normalized spacial score (nSPS) is 12.1. The predicted octanol–water partition coefficient (Wildman–Crippen LogP) is 4.81. The summed E-state index contributed by atoms with van der Waals surface area (Å²) in [4.78, 5) is 0. The highest BCUT2D eigenvalue weighted by molar-refractivity contribution is 5.45. The largest absolute Gasteiger partial charge is 0.381 e. The van der Waals surface area contributed by atoms with Crippen LogP contribution in [0, 0.1) is 0 Å². The first-order chi connectivity index (χ1) is 8.79. The molecular formula is C17H21N. The van der Waals surface area contributed by atoms with Crippen LogP contribution in [0.1, 0.15) is 37.3 Å². The van der Waals surface area contributed by atoms with Crippen molar-refractivity contribution in [1.29, 1.82) is 0 Å². The van der Waals surface area contributed by atoms with Gasteiger partial charge in [-0.05, 0) is 35.6 Å². The van der Waals surface area contributed by atoms with E-state index in [1.807, 2.05) is 6.07 Å². The SMILES string of the molecule is CCC(C)c1ccc(NCc2ccccc2)cc1. The fourth-order valence-corrected chi connectivity index (χ4v) is 1.97. The zero-order chi connectivity index (χ0) is 12.8. The Kier molecular flexibility index (Phi) is 4.40. The minimum absolute atomic E-state index is 0.646. The van der Waals surface area contributed by atoms with Crippen LogP contribution in [-0.2, 0) is 6.54 Å². The van der Waals surface area contributed by atoms with Gasteiger partial charge in [-0.1, -0.05) is 56.3 Å². The molecule has 1 heteroatoms. The first kappa shape index (κ1) is 12.7. The van der Waals surface area contributed by atoms with Crippen molar-refractivity contribution < 1.29 is 0 Å². The number of anilines is 1. The third-order valence-corrected chi connectivity index (χ3v) is 3.43. The lowest BCUT2D eigenvalue weighted by Gasteiger charge is -2.11. The molecule has 0 saturated carbocycles. The molecule has 0 aliphatic rings. The highest BCUT2D eigenvalue weighted by atomic mass is 14.9. The van der Waals surface area contributed by atoms with Gasteiger partial charge < -0.3 is 5.32 Å². The van der Waals surface area contributed by atoms with Gasteiger partial charge >= 0.3 is 0 Å². The number of hydrogen-bond acceptors (Lipinski definition) is 1. The van der Waals surface area contributed by atoms with Crippen molar-refractivity contribution in [2.24, 2.45) is 0 Å². The molecule has 1 nitrogen and oxygen atoms in total. The zero-order valence-electron chi connectivity index (χ0n) is 11.2. The molecule has 1 atom stereocenters. The van der Waals surface area contributed by atoms with Gasteiger partial charge in [-0.3, -0.25) is 0 Å². The molecule has 0 aromatic heterocycles. The lowest BCUT2D eigenvalue weighted by molar-refractivity contribution is 0.734. The second-order valence-electron chi connectivity index (χ2n) is 4.77. The van der Waals surface area contributed by atoms with Crippen LogP contribution in [0.25, 0.3) is 0 Å². The molecule has 0 saturated heterocycles. The Balaban J connectivity index is 1.94. The van der Waals surface area contributed by atoms with Crippen LogP contribution >= 0.6 is 0 Å². The molecule has 2 rings (SSSR count). The molecule has 0 spiro atoms. The monoisotopic (exact) mass is 239 g/mol. The van der Waals surface area contributed by atoms with E-state index in [9.17, 15) is 0 Å². The third-order valence-electron chi connectivity index (χ3n) is 3.43. The number of nitrogens with one attached hydrogen (secondary N) is 1. The summed E-state index contributed by atoms with van der Waals surface area (Å²) < 4.78 is 0. The molecule has 0 aliphatic heterocycles. The lowest BCUT2D eigenvalue weighted by Crippen LogP contribution is -1.99. The van der Waals surface area contributed by atoms with E-state index in [0.717, 1.165) is 6.54 Å². The average Bonchev–Trinajstić information content (AvgIpc) is 2.46. The fraction of sp³-hybridized carbons (Fsp3) is 0.294. The maximum Gasteiger partial charge on any atom is 0.0400 e. The Morgan fingerprint density at radius 1 is 0.944 bits per heavy atom. The summed E-state index contributed by atoms with van der Waals surface area (Å²) in [5.41, 5.74) is 3.91. The summed E-state index contributed by atoms with van der Waals surface area (Å²) in [5.74, 6) is 0.646. The van der Waals surface area contributed by atoms with E-state index in [4.69, 9.17) is 0 Å². The maximum absolute atomic E-state index is 3.45. The van der Waals surface area contributed by atoms with Crippen LogP contribution in [0.4, 0.5) is 5.69 Å². The minimum Gasteiger partial charge on any atom is -0.381 e. The summed E-state index contributed by atoms with van der Waals surface area (Å²) in [6.07, 6.45) is 1.19. The molecule has 94 valence electrons. The van der Waals surface area contributed by atoms with Crippen molar-refractivity contribution >= 4 is 5.69 Å². The Hall–Kier alpha value is -1.76. The van der Waals surface area contributed by atoms with Gasteiger partial charge in [0.25, 0.3) is 0 Å². The van der Waals surface area contributed by atoms with Gasteiger partial charge in [0.1, 0.15) is 0 Å². The topological polar surface area (TPSA) is 12.0 Å². The Labute approximate surface area is 110 Å². The summed E-state index contributed by atoms with van der Waals surface area (Å²) in [7, 11) is 0. The molecule has 0 amide bonds. The van der Waals surface area contributed by atoms with E-state index >= 15 is 0 Å². The van der Waals surface area contributed by atoms with Crippen molar-refractivity contribution in [3.05, 3.63) is 65.7 Å². The average molecular weight is 239 g/mol. The van der Waals surface area contributed by atoms with Crippen LogP contribution in [0.15, 0.2) is 54.6 Å². The van der Waals surface area contributed by atoms with E-state index in [1.165, 1.54) is 23.2 Å². The van der Waals surface area contributed by atoms with Gasteiger partial charge in [0.05, 0.1) is 0 Å². The van der Waals surface area contributed by atoms with E-state index < -0.39 is 0 Å². The van der Waals surface area contributed by atoms with Crippen molar-refractivity contribution in [2.75, 3.05) is 5.32 Å². The molecule has 18 heavy (non-hydrogen) atoms. The van der Waals surface area contributed by atoms with Crippen LogP contribution in [0.3, 0.4) is 0 Å². The van der Waals surface area contributed by atoms with E-state index in [1.54, 1.807) is 0 Å². The molecule has 1 unspecified atom stereocenters. The molecule has 0 fully saturated rings. The van der Waals surface area contributed by atoms with Crippen LogP contribution in [0.5, 0.6) is 0 Å². The van der Waals surface area contributed by atoms with Gasteiger partial charge in [0, 0.05) is 12.2 Å². The molecule has 2 aromatic carbocycles. The first-order valence-electron chi connectivity index (χ1n) is 6.67. The fourth-order valence-electron chi connectivity index (χ4n) is 1.97. The molecular weight excluding hydrogens is 218 g/mol. The standard InChI is InChI=1S/C17H21N/c1-3-14(2)16-9-11-17(12-10-16)18-13-15-7-5-4-6-8-15/h4-12,14,18H,3,13H2,1-2H3. The summed E-state index contributed by atoms with van der Waals surface area (Å²) in [6.45, 7) is 5.38. The van der Waals surface area contributed by atoms with Crippen molar-refractivity contribution in [2.45, 2.75) is 32.7 Å². The second-order valence-corrected chi connectivity index (χ2v) is 4.77. The van der Waals surface area contributed by atoms with E-state index in [-0.39, 0.29) is 0 Å². The smallest absolute Gasteiger partial charge is 0.0400 e. The van der Waals surface area contributed by atoms with Gasteiger partial charge in [0.15, 0.2) is 0 Å². The van der Waals surface area contributed by atoms with Crippen molar-refractivity contribution in [3.63, 3.8) is 0 Å². The minimum atomic E-state index is 0.646. The van der Waals surface area contributed by atoms with E-state index in [0.29, 0.717) is 5.92 Å². The summed E-state index contributed by atoms with van der Waals surface area (Å²) in [5, 5.41) is 3.45. The molecule has 0 bridgehead atoms. The number of benzene rings is 2. The van der Waals surface area contributed by atoms with Gasteiger partial charge in [-0.2, -0.15) is 0 Å². The predicted molar refractivity (Wildman–Crippen MR) is 78.9 cm³/mol. The van der Waals surface area contributed by atoms with Crippen LogP contribution < -0.4 is 5.32 Å². The van der Waals surface area contributed by atoms with E-state index in [2.05, 4.69) is 67.7 Å². The molecule has 0 heterocycles. The highest BCUT2D eigenvalue weighted by Crippen LogP contribution is 2.20. The number of hydrogen-bond donors (Lipinski definition) is 1. The number of rotatable bonds is 5. The lowest BCUT2D eigenvalue weighted by atomic mass is 9.99. The molecule has 0 radical (unpaired) electrons. The molecule has 1 N–H and O–H groups in total. The van der Waals surface area contributed by atoms with Crippen LogP contribution in [-0.4, -0.2) is 0 Å². The Morgan fingerprint density at radius 2 is 1.61 bits per heavy atom. The van der Waals surface area contributed by atoms with Gasteiger partial charge in [-0.15, -0.1) is 0 Å². The van der Waals surface area contributed by atoms with Gasteiger partial charge in [0.2, 0.25) is 0 Å². The quantitative estimate of drug-likeness (QED) is 0.789. The van der Waals surface area contributed by atoms with Crippen molar-refractivity contribution in [1.82, 2.24) is 0 Å². The third kappa shape index (κ3) is 3.36. The zero-order valence-corrected chi connectivity index (χ0v) is 11.2. The molecule has 2 aromatic rings. The van der Waals surface area contributed by atoms with Crippen LogP contribution in [0.2, 0.25) is 0 Å². The highest BCUT2D eigenvalue weighted by Gasteiger charge is 2.02. The van der Waals surface area contributed by atoms with Crippen molar-refractivity contribution in [3.8, 4) is 0 Å². The summed E-state index contributed by atoms with van der Waals surface area (Å²) >= 11 is 0.